The number of hydrazone groups is 1. The molecule has 0 aliphatic heterocycles. The number of nitrogens with one attached hydrogen (secondary N) is 1. The SMILES string of the molecule is Cc1cccc(OCC(=O)NN=Cc2ccc(Cl)cc2Cl)c1. The minimum absolute atomic E-state index is 0.116. The van der Waals surface area contributed by atoms with Gasteiger partial charge in [-0.2, -0.15) is 5.10 Å². The number of hydrogen-bond acceptors (Lipinski definition) is 3. The summed E-state index contributed by atoms with van der Waals surface area (Å²) in [6.45, 7) is 1.84. The zero-order valence-corrected chi connectivity index (χ0v) is 13.4. The van der Waals surface area contributed by atoms with Gasteiger partial charge in [0.2, 0.25) is 0 Å². The lowest BCUT2D eigenvalue weighted by Crippen LogP contribution is -2.24. The van der Waals surface area contributed by atoms with E-state index in [0.29, 0.717) is 21.4 Å². The molecule has 1 amide bonds. The maximum atomic E-state index is 11.6. The summed E-state index contributed by atoms with van der Waals surface area (Å²) in [7, 11) is 0. The van der Waals surface area contributed by atoms with Gasteiger partial charge in [0.1, 0.15) is 5.75 Å². The van der Waals surface area contributed by atoms with E-state index in [4.69, 9.17) is 27.9 Å². The lowest BCUT2D eigenvalue weighted by molar-refractivity contribution is -0.123. The maximum absolute atomic E-state index is 11.6. The van der Waals surface area contributed by atoms with Crippen LogP contribution in [0.1, 0.15) is 11.1 Å². The molecular weight excluding hydrogens is 323 g/mol. The first kappa shape index (κ1) is 16.3. The van der Waals surface area contributed by atoms with Gasteiger partial charge in [-0.25, -0.2) is 5.43 Å². The Hall–Kier alpha value is -2.04. The van der Waals surface area contributed by atoms with Crippen molar-refractivity contribution in [2.45, 2.75) is 6.92 Å². The van der Waals surface area contributed by atoms with Crippen LogP contribution in [0.5, 0.6) is 5.75 Å². The maximum Gasteiger partial charge on any atom is 0.277 e. The predicted octanol–water partition coefficient (Wildman–Crippen LogP) is 3.83. The van der Waals surface area contributed by atoms with Crippen LogP contribution >= 0.6 is 23.2 Å². The van der Waals surface area contributed by atoms with E-state index < -0.39 is 0 Å². The molecule has 4 nitrogen and oxygen atoms in total. The molecule has 0 bridgehead atoms. The number of carbonyl (C=O) groups excluding carboxylic acids is 1. The van der Waals surface area contributed by atoms with Gasteiger partial charge in [0.25, 0.3) is 5.91 Å². The highest BCUT2D eigenvalue weighted by Gasteiger charge is 2.02. The van der Waals surface area contributed by atoms with Gasteiger partial charge in [0.15, 0.2) is 6.61 Å². The van der Waals surface area contributed by atoms with Crippen LogP contribution in [0.4, 0.5) is 0 Å². The Labute approximate surface area is 138 Å². The molecule has 2 aromatic carbocycles. The molecule has 2 rings (SSSR count). The number of amides is 1. The van der Waals surface area contributed by atoms with E-state index in [0.717, 1.165) is 5.56 Å². The normalized spacial score (nSPS) is 10.7. The predicted molar refractivity (Wildman–Crippen MR) is 88.9 cm³/mol. The third-order valence-electron chi connectivity index (χ3n) is 2.71. The van der Waals surface area contributed by atoms with Gasteiger partial charge in [0, 0.05) is 10.6 Å². The number of aryl methyl sites for hydroxylation is 1. The highest BCUT2D eigenvalue weighted by Crippen LogP contribution is 2.19. The zero-order valence-electron chi connectivity index (χ0n) is 11.8. The van der Waals surface area contributed by atoms with Crippen LogP contribution in [-0.4, -0.2) is 18.7 Å². The third kappa shape index (κ3) is 5.06. The molecule has 22 heavy (non-hydrogen) atoms. The minimum atomic E-state index is -0.358. The summed E-state index contributed by atoms with van der Waals surface area (Å²) in [5.41, 5.74) is 4.09. The van der Waals surface area contributed by atoms with Crippen LogP contribution < -0.4 is 10.2 Å². The molecule has 0 spiro atoms. The van der Waals surface area contributed by atoms with Gasteiger partial charge in [-0.3, -0.25) is 4.79 Å². The Balaban J connectivity index is 1.83. The standard InChI is InChI=1S/C16H14Cl2N2O2/c1-11-3-2-4-14(7-11)22-10-16(21)20-19-9-12-5-6-13(17)8-15(12)18/h2-9H,10H2,1H3,(H,20,21). The number of hydrogen-bond donors (Lipinski definition) is 1. The van der Waals surface area contributed by atoms with Crippen molar-refractivity contribution in [3.8, 4) is 5.75 Å². The van der Waals surface area contributed by atoms with E-state index in [-0.39, 0.29) is 12.5 Å². The Morgan fingerprint density at radius 1 is 1.27 bits per heavy atom. The summed E-state index contributed by atoms with van der Waals surface area (Å²) >= 11 is 11.8. The Kier molecular flexibility index (Phi) is 5.81. The second kappa shape index (κ2) is 7.82. The van der Waals surface area contributed by atoms with Gasteiger partial charge in [-0.1, -0.05) is 41.4 Å². The Bertz CT molecular complexity index is 702. The fraction of sp³-hybridized carbons (Fsp3) is 0.125. The topological polar surface area (TPSA) is 50.7 Å². The van der Waals surface area contributed by atoms with Gasteiger partial charge in [0.05, 0.1) is 11.2 Å². The molecule has 0 atom stereocenters. The van der Waals surface area contributed by atoms with Crippen LogP contribution in [0.15, 0.2) is 47.6 Å². The van der Waals surface area contributed by atoms with Crippen molar-refractivity contribution < 1.29 is 9.53 Å². The number of benzene rings is 2. The Morgan fingerprint density at radius 2 is 2.09 bits per heavy atom. The van der Waals surface area contributed by atoms with E-state index in [2.05, 4.69) is 10.5 Å². The van der Waals surface area contributed by atoms with E-state index in [9.17, 15) is 4.79 Å². The average molecular weight is 337 g/mol. The average Bonchev–Trinajstić information content (AvgIpc) is 2.47. The lowest BCUT2D eigenvalue weighted by atomic mass is 10.2. The zero-order chi connectivity index (χ0) is 15.9. The summed E-state index contributed by atoms with van der Waals surface area (Å²) in [6.07, 6.45) is 1.45. The second-order valence-corrected chi connectivity index (χ2v) is 5.41. The summed E-state index contributed by atoms with van der Waals surface area (Å²) in [5, 5.41) is 4.83. The van der Waals surface area contributed by atoms with Crippen LogP contribution in [0.2, 0.25) is 10.0 Å². The molecule has 0 aliphatic rings. The lowest BCUT2D eigenvalue weighted by Gasteiger charge is -2.05. The van der Waals surface area contributed by atoms with Crippen LogP contribution in [0.3, 0.4) is 0 Å². The fourth-order valence-corrected chi connectivity index (χ4v) is 2.12. The Morgan fingerprint density at radius 3 is 2.82 bits per heavy atom. The second-order valence-electron chi connectivity index (χ2n) is 4.56. The fourth-order valence-electron chi connectivity index (χ4n) is 1.67. The molecule has 0 radical (unpaired) electrons. The van der Waals surface area contributed by atoms with Crippen LogP contribution in [-0.2, 0) is 4.79 Å². The van der Waals surface area contributed by atoms with Gasteiger partial charge < -0.3 is 4.74 Å². The van der Waals surface area contributed by atoms with Crippen LogP contribution in [0, 0.1) is 6.92 Å². The number of carbonyl (C=O) groups is 1. The highest BCUT2D eigenvalue weighted by atomic mass is 35.5. The van der Waals surface area contributed by atoms with Crippen molar-refractivity contribution in [1.82, 2.24) is 5.43 Å². The van der Waals surface area contributed by atoms with Crippen molar-refractivity contribution in [2.75, 3.05) is 6.61 Å². The third-order valence-corrected chi connectivity index (χ3v) is 3.28. The van der Waals surface area contributed by atoms with Gasteiger partial charge in [-0.15, -0.1) is 0 Å². The first-order chi connectivity index (χ1) is 10.5. The van der Waals surface area contributed by atoms with E-state index in [1.54, 1.807) is 24.3 Å². The monoisotopic (exact) mass is 336 g/mol. The largest absolute Gasteiger partial charge is 0.484 e. The van der Waals surface area contributed by atoms with Gasteiger partial charge in [-0.05, 0) is 36.8 Å². The molecule has 2 aromatic rings. The summed E-state index contributed by atoms with van der Waals surface area (Å²) in [6, 6.07) is 12.5. The number of ether oxygens (including phenoxy) is 1. The first-order valence-electron chi connectivity index (χ1n) is 6.51. The van der Waals surface area contributed by atoms with E-state index in [1.807, 2.05) is 25.1 Å². The molecule has 0 heterocycles. The van der Waals surface area contributed by atoms with Crippen LogP contribution in [0.25, 0.3) is 0 Å². The number of rotatable bonds is 5. The van der Waals surface area contributed by atoms with Crippen molar-refractivity contribution in [1.29, 1.82) is 0 Å². The minimum Gasteiger partial charge on any atom is -0.484 e. The number of nitrogens with zero attached hydrogens (tertiary/aromatic N) is 1. The number of halogens is 2. The smallest absolute Gasteiger partial charge is 0.277 e. The van der Waals surface area contributed by atoms with Crippen molar-refractivity contribution in [2.24, 2.45) is 5.10 Å². The molecule has 114 valence electrons. The molecule has 1 N–H and O–H groups in total. The molecule has 6 heteroatoms. The van der Waals surface area contributed by atoms with E-state index >= 15 is 0 Å². The molecule has 0 aromatic heterocycles. The van der Waals surface area contributed by atoms with Crippen molar-refractivity contribution >= 4 is 35.3 Å². The quantitative estimate of drug-likeness (QED) is 0.666. The van der Waals surface area contributed by atoms with Crippen molar-refractivity contribution in [3.05, 3.63) is 63.6 Å². The molecule has 0 aliphatic carbocycles. The molecule has 0 saturated heterocycles. The summed E-state index contributed by atoms with van der Waals surface area (Å²) in [5.74, 6) is 0.280. The van der Waals surface area contributed by atoms with Gasteiger partial charge >= 0.3 is 0 Å². The molecular formula is C16H14Cl2N2O2. The molecule has 0 fully saturated rings. The molecule has 0 saturated carbocycles. The summed E-state index contributed by atoms with van der Waals surface area (Å²) in [4.78, 5) is 11.6. The summed E-state index contributed by atoms with van der Waals surface area (Å²) < 4.78 is 5.36. The van der Waals surface area contributed by atoms with Crippen molar-refractivity contribution in [3.63, 3.8) is 0 Å². The first-order valence-corrected chi connectivity index (χ1v) is 7.26. The molecule has 0 unspecified atom stereocenters. The van der Waals surface area contributed by atoms with E-state index in [1.165, 1.54) is 6.21 Å². The highest BCUT2D eigenvalue weighted by molar-refractivity contribution is 6.36.